The largest absolute Gasteiger partial charge is 0.492 e. The van der Waals surface area contributed by atoms with Crippen LogP contribution in [0.2, 0.25) is 0 Å². The van der Waals surface area contributed by atoms with Crippen molar-refractivity contribution >= 4 is 40.9 Å². The second-order valence-corrected chi connectivity index (χ2v) is 9.86. The molecule has 4 aromatic rings. The van der Waals surface area contributed by atoms with Gasteiger partial charge in [-0.05, 0) is 73.4 Å². The number of rotatable bonds is 11. The third-order valence-electron chi connectivity index (χ3n) is 7.31. The van der Waals surface area contributed by atoms with E-state index >= 15 is 0 Å². The van der Waals surface area contributed by atoms with Gasteiger partial charge in [0.25, 0.3) is 0 Å². The first-order valence-corrected chi connectivity index (χ1v) is 13.9. The Morgan fingerprint density at radius 1 is 0.974 bits per heavy atom. The van der Waals surface area contributed by atoms with Crippen LogP contribution >= 0.6 is 0 Å². The second kappa shape index (κ2) is 12.8. The molecule has 2 aromatic carbocycles. The van der Waals surface area contributed by atoms with E-state index in [1.54, 1.807) is 0 Å². The number of aromatic nitrogens is 3. The molecule has 5 rings (SSSR count). The van der Waals surface area contributed by atoms with E-state index in [9.17, 15) is 0 Å². The number of hydrogen-bond donors (Lipinski definition) is 1. The number of anilines is 1. The fourth-order valence-corrected chi connectivity index (χ4v) is 4.95. The van der Waals surface area contributed by atoms with Gasteiger partial charge in [0.15, 0.2) is 0 Å². The predicted octanol–water partition coefficient (Wildman–Crippen LogP) is 5.80. The Labute approximate surface area is 231 Å². The Kier molecular flexibility index (Phi) is 8.81. The molecule has 1 aliphatic heterocycles. The maximum atomic E-state index is 6.33. The molecule has 0 spiro atoms. The van der Waals surface area contributed by atoms with Crippen LogP contribution in [0.4, 0.5) is 5.69 Å². The third kappa shape index (κ3) is 6.80. The van der Waals surface area contributed by atoms with Crippen LogP contribution in [0.1, 0.15) is 36.4 Å². The van der Waals surface area contributed by atoms with Crippen LogP contribution < -0.4 is 9.64 Å². The molecular weight excluding hydrogens is 486 g/mol. The average Bonchev–Trinajstić information content (AvgIpc) is 3.58. The summed E-state index contributed by atoms with van der Waals surface area (Å²) in [5.41, 5.74) is 6.44. The van der Waals surface area contributed by atoms with Gasteiger partial charge < -0.3 is 18.9 Å². The van der Waals surface area contributed by atoms with Gasteiger partial charge in [0.1, 0.15) is 12.4 Å². The Morgan fingerprint density at radius 3 is 2.64 bits per heavy atom. The number of benzene rings is 2. The molecular formula is C32H39N5O2. The monoisotopic (exact) mass is 525 g/mol. The lowest BCUT2D eigenvalue weighted by atomic mass is 10.1. The molecule has 3 heterocycles. The van der Waals surface area contributed by atoms with Crippen LogP contribution in [-0.2, 0) is 11.8 Å². The van der Waals surface area contributed by atoms with Gasteiger partial charge in [-0.3, -0.25) is 10.00 Å². The molecule has 39 heavy (non-hydrogen) atoms. The van der Waals surface area contributed by atoms with Crippen molar-refractivity contribution in [2.75, 3.05) is 57.4 Å². The summed E-state index contributed by atoms with van der Waals surface area (Å²) in [6, 6.07) is 17.1. The summed E-state index contributed by atoms with van der Waals surface area (Å²) in [5.74, 6) is 0.902. The maximum Gasteiger partial charge on any atom is 0.128 e. The van der Waals surface area contributed by atoms with Crippen molar-refractivity contribution in [1.29, 1.82) is 0 Å². The second-order valence-electron chi connectivity index (χ2n) is 9.86. The highest BCUT2D eigenvalue weighted by Gasteiger charge is 2.12. The van der Waals surface area contributed by atoms with Gasteiger partial charge in [-0.15, -0.1) is 0 Å². The zero-order valence-electron chi connectivity index (χ0n) is 23.3. The minimum atomic E-state index is 0.649. The Balaban J connectivity index is 1.28. The Hall–Kier alpha value is -3.81. The number of morpholine rings is 1. The quantitative estimate of drug-likeness (QED) is 0.268. The Bertz CT molecular complexity index is 1420. The van der Waals surface area contributed by atoms with Crippen LogP contribution in [0, 0.1) is 0 Å². The van der Waals surface area contributed by atoms with Crippen molar-refractivity contribution in [3.8, 4) is 5.75 Å². The minimum Gasteiger partial charge on any atom is -0.492 e. The molecule has 0 atom stereocenters. The van der Waals surface area contributed by atoms with Crippen molar-refractivity contribution < 1.29 is 9.47 Å². The molecule has 0 bridgehead atoms. The SMILES string of the molecule is CCN(CC)c1ccc(C=Cc2cc(/C=C/c3ccc4ccn(C)c4c3)n[nH]2)c(OCCN2CCOCC2)c1. The van der Waals surface area contributed by atoms with Crippen LogP contribution in [0.25, 0.3) is 35.2 Å². The van der Waals surface area contributed by atoms with Crippen LogP contribution in [0.15, 0.2) is 54.7 Å². The highest BCUT2D eigenvalue weighted by atomic mass is 16.5. The molecule has 0 unspecified atom stereocenters. The average molecular weight is 526 g/mol. The normalized spacial score (nSPS) is 14.6. The fraction of sp³-hybridized carbons (Fsp3) is 0.344. The van der Waals surface area contributed by atoms with E-state index < -0.39 is 0 Å². The van der Waals surface area contributed by atoms with Crippen molar-refractivity contribution in [3.05, 3.63) is 77.2 Å². The first kappa shape index (κ1) is 26.8. The van der Waals surface area contributed by atoms with Gasteiger partial charge in [-0.2, -0.15) is 5.10 Å². The van der Waals surface area contributed by atoms with E-state index in [2.05, 4.69) is 118 Å². The van der Waals surface area contributed by atoms with Crippen molar-refractivity contribution in [1.82, 2.24) is 19.7 Å². The number of aryl methyl sites for hydroxylation is 1. The number of nitrogens with zero attached hydrogens (tertiary/aromatic N) is 4. The van der Waals surface area contributed by atoms with E-state index in [-0.39, 0.29) is 0 Å². The number of ether oxygens (including phenoxy) is 2. The zero-order valence-corrected chi connectivity index (χ0v) is 23.3. The lowest BCUT2D eigenvalue weighted by Gasteiger charge is -2.27. The highest BCUT2D eigenvalue weighted by Crippen LogP contribution is 2.28. The standard InChI is InChI=1S/C32H39N5O2/c1-4-37(5-2)30-13-10-27(32(24-30)39-21-18-36-16-19-38-20-17-36)9-12-29-23-28(33-34-29)11-7-25-6-8-26-14-15-35(3)31(26)22-25/h6-15,22-24H,4-5,16-21H2,1-3H3,(H,33,34)/b11-7+,12-9?. The number of aromatic amines is 1. The Morgan fingerprint density at radius 2 is 1.82 bits per heavy atom. The summed E-state index contributed by atoms with van der Waals surface area (Å²) in [6.45, 7) is 11.4. The fourth-order valence-electron chi connectivity index (χ4n) is 4.95. The molecule has 7 nitrogen and oxygen atoms in total. The topological polar surface area (TPSA) is 58.5 Å². The van der Waals surface area contributed by atoms with Crippen molar-refractivity contribution in [3.63, 3.8) is 0 Å². The molecule has 0 aliphatic carbocycles. The van der Waals surface area contributed by atoms with E-state index in [0.717, 1.165) is 74.2 Å². The lowest BCUT2D eigenvalue weighted by Crippen LogP contribution is -2.38. The predicted molar refractivity (Wildman–Crippen MR) is 162 cm³/mol. The summed E-state index contributed by atoms with van der Waals surface area (Å²) in [6.07, 6.45) is 10.4. The summed E-state index contributed by atoms with van der Waals surface area (Å²) < 4.78 is 13.9. The molecule has 204 valence electrons. The number of fused-ring (bicyclic) bond motifs is 1. The molecule has 2 aromatic heterocycles. The molecule has 0 saturated carbocycles. The van der Waals surface area contributed by atoms with Gasteiger partial charge >= 0.3 is 0 Å². The van der Waals surface area contributed by atoms with Gasteiger partial charge in [0.05, 0.1) is 24.6 Å². The van der Waals surface area contributed by atoms with E-state index in [0.29, 0.717) is 6.61 Å². The zero-order chi connectivity index (χ0) is 27.0. The highest BCUT2D eigenvalue weighted by molar-refractivity contribution is 5.84. The van der Waals surface area contributed by atoms with Crippen LogP contribution in [-0.4, -0.2) is 72.2 Å². The number of H-pyrrole nitrogens is 1. The summed E-state index contributed by atoms with van der Waals surface area (Å²) in [7, 11) is 2.07. The molecule has 1 saturated heterocycles. The van der Waals surface area contributed by atoms with Crippen molar-refractivity contribution in [2.45, 2.75) is 13.8 Å². The first-order valence-electron chi connectivity index (χ1n) is 13.9. The van der Waals surface area contributed by atoms with E-state index in [1.165, 1.54) is 16.6 Å². The van der Waals surface area contributed by atoms with Crippen LogP contribution in [0.5, 0.6) is 5.75 Å². The third-order valence-corrected chi connectivity index (χ3v) is 7.31. The molecule has 7 heteroatoms. The maximum absolute atomic E-state index is 6.33. The molecule has 1 N–H and O–H groups in total. The molecule has 1 fully saturated rings. The lowest BCUT2D eigenvalue weighted by molar-refractivity contribution is 0.0322. The van der Waals surface area contributed by atoms with E-state index in [4.69, 9.17) is 9.47 Å². The number of hydrogen-bond acceptors (Lipinski definition) is 5. The van der Waals surface area contributed by atoms with Gasteiger partial charge in [-0.25, -0.2) is 0 Å². The van der Waals surface area contributed by atoms with Crippen molar-refractivity contribution in [2.24, 2.45) is 7.05 Å². The molecule has 1 aliphatic rings. The van der Waals surface area contributed by atoms with Gasteiger partial charge in [0, 0.05) is 68.8 Å². The summed E-state index contributed by atoms with van der Waals surface area (Å²) >= 11 is 0. The molecule has 0 radical (unpaired) electrons. The molecule has 0 amide bonds. The van der Waals surface area contributed by atoms with Gasteiger partial charge in [-0.1, -0.05) is 18.2 Å². The van der Waals surface area contributed by atoms with Crippen LogP contribution in [0.3, 0.4) is 0 Å². The van der Waals surface area contributed by atoms with E-state index in [1.807, 2.05) is 6.08 Å². The smallest absolute Gasteiger partial charge is 0.128 e. The summed E-state index contributed by atoms with van der Waals surface area (Å²) in [5, 5.41) is 8.86. The summed E-state index contributed by atoms with van der Waals surface area (Å²) in [4.78, 5) is 4.73. The number of nitrogens with one attached hydrogen (secondary N) is 1. The van der Waals surface area contributed by atoms with Gasteiger partial charge in [0.2, 0.25) is 0 Å². The first-order chi connectivity index (χ1) is 19.1. The minimum absolute atomic E-state index is 0.649.